The van der Waals surface area contributed by atoms with Gasteiger partial charge in [-0.05, 0) is 73.5 Å². The number of furan rings is 1. The second-order valence-electron chi connectivity index (χ2n) is 10.1. The van der Waals surface area contributed by atoms with Crippen LogP contribution in [0.25, 0.3) is 11.0 Å². The number of hydrogen-bond acceptors (Lipinski definition) is 7. The summed E-state index contributed by atoms with van der Waals surface area (Å²) < 4.78 is 31.7. The van der Waals surface area contributed by atoms with E-state index in [1.165, 1.54) is 35.2 Å². The van der Waals surface area contributed by atoms with Crippen LogP contribution in [-0.2, 0) is 25.8 Å². The van der Waals surface area contributed by atoms with Crippen molar-refractivity contribution >= 4 is 61.7 Å². The zero-order chi connectivity index (χ0) is 30.6. The monoisotopic (exact) mass is 642 g/mol. The van der Waals surface area contributed by atoms with Crippen LogP contribution in [0, 0.1) is 0 Å². The predicted octanol–water partition coefficient (Wildman–Crippen LogP) is 4.06. The van der Waals surface area contributed by atoms with Gasteiger partial charge in [-0.1, -0.05) is 29.3 Å². The van der Waals surface area contributed by atoms with Gasteiger partial charge in [-0.3, -0.25) is 19.4 Å². The lowest BCUT2D eigenvalue weighted by Gasteiger charge is -2.32. The van der Waals surface area contributed by atoms with Crippen molar-refractivity contribution < 1.29 is 27.2 Å². The van der Waals surface area contributed by atoms with E-state index in [4.69, 9.17) is 27.6 Å². The molecule has 1 unspecified atom stereocenters. The Morgan fingerprint density at radius 2 is 1.70 bits per heavy atom. The molecule has 13 heteroatoms. The molecule has 224 valence electrons. The van der Waals surface area contributed by atoms with Crippen LogP contribution in [0.15, 0.2) is 82.2 Å². The number of aromatic nitrogens is 1. The number of carbonyl (C=O) groups is 3. The molecular formula is C30H28Cl2N4O6S. The molecule has 3 heterocycles. The maximum Gasteiger partial charge on any atom is 0.287 e. The van der Waals surface area contributed by atoms with E-state index in [2.05, 4.69) is 15.6 Å². The van der Waals surface area contributed by atoms with E-state index in [1.54, 1.807) is 42.6 Å². The third-order valence-electron chi connectivity index (χ3n) is 7.25. The standard InChI is InChI=1S/C30H28Cl2N4O6S/c31-20-4-7-23(8-5-20)43(40,41)24-10-13-36(14-11-24)28(37)18-34-29(38)25(17-22-3-1-2-12-33-22)35-30(39)27-16-19-15-21(32)6-9-26(19)42-27/h1-9,12,15-16,24-25H,10-11,13-14,17-18H2,(H,34,38)(H,35,39). The number of hydrogen-bond donors (Lipinski definition) is 2. The largest absolute Gasteiger partial charge is 0.451 e. The minimum atomic E-state index is -3.57. The first-order chi connectivity index (χ1) is 20.6. The highest BCUT2D eigenvalue weighted by Gasteiger charge is 2.33. The Hall–Kier alpha value is -3.93. The molecule has 2 N–H and O–H groups in total. The molecule has 1 saturated heterocycles. The lowest BCUT2D eigenvalue weighted by molar-refractivity contribution is -0.133. The van der Waals surface area contributed by atoms with Crippen molar-refractivity contribution in [3.63, 3.8) is 0 Å². The number of piperidine rings is 1. The fourth-order valence-corrected chi connectivity index (χ4v) is 6.96. The molecule has 2 aromatic carbocycles. The van der Waals surface area contributed by atoms with Gasteiger partial charge >= 0.3 is 0 Å². The third-order valence-corrected chi connectivity index (χ3v) is 10.0. The van der Waals surface area contributed by atoms with Crippen molar-refractivity contribution in [3.05, 3.63) is 94.4 Å². The molecule has 1 aliphatic rings. The number of nitrogens with one attached hydrogen (secondary N) is 2. The molecule has 1 fully saturated rings. The number of halogens is 2. The van der Waals surface area contributed by atoms with Gasteiger partial charge in [-0.15, -0.1) is 0 Å². The smallest absolute Gasteiger partial charge is 0.287 e. The van der Waals surface area contributed by atoms with Gasteiger partial charge in [-0.2, -0.15) is 0 Å². The second kappa shape index (κ2) is 13.2. The number of rotatable bonds is 9. The van der Waals surface area contributed by atoms with Gasteiger partial charge in [0.05, 0.1) is 16.7 Å². The summed E-state index contributed by atoms with van der Waals surface area (Å²) in [6.07, 6.45) is 2.19. The molecule has 2 aromatic heterocycles. The molecule has 1 atom stereocenters. The van der Waals surface area contributed by atoms with Crippen LogP contribution in [0.5, 0.6) is 0 Å². The molecule has 0 saturated carbocycles. The molecule has 5 rings (SSSR count). The van der Waals surface area contributed by atoms with Crippen molar-refractivity contribution in [2.45, 2.75) is 35.4 Å². The summed E-state index contributed by atoms with van der Waals surface area (Å²) in [5, 5.41) is 6.25. The second-order valence-corrected chi connectivity index (χ2v) is 13.2. The molecule has 4 aromatic rings. The van der Waals surface area contributed by atoms with Gasteiger partial charge < -0.3 is 20.0 Å². The average Bonchev–Trinajstić information content (AvgIpc) is 3.43. The summed E-state index contributed by atoms with van der Waals surface area (Å²) in [7, 11) is -3.57. The van der Waals surface area contributed by atoms with Gasteiger partial charge in [-0.25, -0.2) is 8.42 Å². The molecule has 0 radical (unpaired) electrons. The average molecular weight is 644 g/mol. The van der Waals surface area contributed by atoms with Crippen LogP contribution in [0.3, 0.4) is 0 Å². The van der Waals surface area contributed by atoms with E-state index in [9.17, 15) is 22.8 Å². The van der Waals surface area contributed by atoms with Crippen molar-refractivity contribution in [1.82, 2.24) is 20.5 Å². The highest BCUT2D eigenvalue weighted by Crippen LogP contribution is 2.26. The van der Waals surface area contributed by atoms with Crippen LogP contribution < -0.4 is 10.6 Å². The fraction of sp³-hybridized carbons (Fsp3) is 0.267. The SMILES string of the molecule is O=C(NC(Cc1ccccn1)C(=O)NCC(=O)N1CCC(S(=O)(=O)c2ccc(Cl)cc2)CC1)c1cc2cc(Cl)ccc2o1. The number of amides is 3. The van der Waals surface area contributed by atoms with E-state index in [1.807, 2.05) is 0 Å². The van der Waals surface area contributed by atoms with Crippen molar-refractivity contribution in [1.29, 1.82) is 0 Å². The van der Waals surface area contributed by atoms with Gasteiger partial charge in [0.2, 0.25) is 11.8 Å². The minimum Gasteiger partial charge on any atom is -0.451 e. The molecule has 1 aliphatic heterocycles. The normalized spacial score (nSPS) is 14.8. The van der Waals surface area contributed by atoms with E-state index < -0.39 is 32.9 Å². The highest BCUT2D eigenvalue weighted by molar-refractivity contribution is 7.92. The predicted molar refractivity (Wildman–Crippen MR) is 162 cm³/mol. The first-order valence-electron chi connectivity index (χ1n) is 13.5. The number of likely N-dealkylation sites (tertiary alicyclic amines) is 1. The zero-order valence-electron chi connectivity index (χ0n) is 22.8. The molecular weight excluding hydrogens is 615 g/mol. The number of pyridine rings is 1. The number of fused-ring (bicyclic) bond motifs is 1. The first-order valence-corrected chi connectivity index (χ1v) is 15.9. The van der Waals surface area contributed by atoms with E-state index in [-0.39, 0.29) is 55.5 Å². The van der Waals surface area contributed by atoms with Crippen molar-refractivity contribution in [2.75, 3.05) is 19.6 Å². The summed E-state index contributed by atoms with van der Waals surface area (Å²) >= 11 is 11.9. The Morgan fingerprint density at radius 1 is 0.977 bits per heavy atom. The lowest BCUT2D eigenvalue weighted by Crippen LogP contribution is -2.51. The zero-order valence-corrected chi connectivity index (χ0v) is 25.2. The number of sulfone groups is 1. The van der Waals surface area contributed by atoms with Gasteiger partial charge in [0.25, 0.3) is 5.91 Å². The van der Waals surface area contributed by atoms with Gasteiger partial charge in [0.1, 0.15) is 11.6 Å². The van der Waals surface area contributed by atoms with Gasteiger partial charge in [0.15, 0.2) is 15.6 Å². The summed E-state index contributed by atoms with van der Waals surface area (Å²) in [6.45, 7) is 0.151. The quantitative estimate of drug-likeness (QED) is 0.281. The van der Waals surface area contributed by atoms with E-state index >= 15 is 0 Å². The lowest BCUT2D eigenvalue weighted by atomic mass is 10.1. The number of benzene rings is 2. The summed E-state index contributed by atoms with van der Waals surface area (Å²) in [5.74, 6) is -1.54. The van der Waals surface area contributed by atoms with Crippen molar-refractivity contribution in [3.8, 4) is 0 Å². The summed E-state index contributed by atoms with van der Waals surface area (Å²) in [5.41, 5.74) is 1.03. The van der Waals surface area contributed by atoms with Crippen molar-refractivity contribution in [2.24, 2.45) is 0 Å². The number of carbonyl (C=O) groups excluding carboxylic acids is 3. The Bertz CT molecular complexity index is 1740. The molecule has 10 nitrogen and oxygen atoms in total. The summed E-state index contributed by atoms with van der Waals surface area (Å²) in [4.78, 5) is 45.2. The Labute approximate surface area is 258 Å². The van der Waals surface area contributed by atoms with E-state index in [0.29, 0.717) is 26.7 Å². The molecule has 43 heavy (non-hydrogen) atoms. The number of nitrogens with zero attached hydrogens (tertiary/aromatic N) is 2. The summed E-state index contributed by atoms with van der Waals surface area (Å²) in [6, 6.07) is 16.7. The van der Waals surface area contributed by atoms with E-state index in [0.717, 1.165) is 0 Å². The van der Waals surface area contributed by atoms with Crippen LogP contribution in [0.2, 0.25) is 10.0 Å². The Balaban J connectivity index is 1.19. The molecule has 3 amide bonds. The topological polar surface area (TPSA) is 139 Å². The minimum absolute atomic E-state index is 0.00332. The first kappa shape index (κ1) is 30.5. The Kier molecular flexibility index (Phi) is 9.34. The Morgan fingerprint density at radius 3 is 2.40 bits per heavy atom. The maximum atomic E-state index is 13.2. The van der Waals surface area contributed by atoms with Gasteiger partial charge in [0, 0.05) is 46.8 Å². The molecule has 0 bridgehead atoms. The van der Waals surface area contributed by atoms with Crippen LogP contribution in [-0.4, -0.2) is 66.9 Å². The van der Waals surface area contributed by atoms with Crippen LogP contribution in [0.4, 0.5) is 0 Å². The van der Waals surface area contributed by atoms with Crippen LogP contribution >= 0.6 is 23.2 Å². The molecule has 0 aliphatic carbocycles. The van der Waals surface area contributed by atoms with Crippen LogP contribution in [0.1, 0.15) is 29.1 Å². The molecule has 0 spiro atoms. The fourth-order valence-electron chi connectivity index (χ4n) is 4.92. The third kappa shape index (κ3) is 7.35. The maximum absolute atomic E-state index is 13.2. The highest BCUT2D eigenvalue weighted by atomic mass is 35.5.